The summed E-state index contributed by atoms with van der Waals surface area (Å²) in [5, 5.41) is 2.89. The Morgan fingerprint density at radius 3 is 2.50 bits per heavy atom. The topological polar surface area (TPSA) is 38.3 Å². The lowest BCUT2D eigenvalue weighted by atomic mass is 10.2. The van der Waals surface area contributed by atoms with E-state index in [0.717, 1.165) is 0 Å². The summed E-state index contributed by atoms with van der Waals surface area (Å²) < 4.78 is 5.03. The van der Waals surface area contributed by atoms with Gasteiger partial charge in [0.25, 0.3) is 0 Å². The van der Waals surface area contributed by atoms with E-state index in [-0.39, 0.29) is 5.97 Å². The van der Waals surface area contributed by atoms with Crippen LogP contribution in [0.3, 0.4) is 0 Å². The molecule has 0 saturated carbocycles. The Morgan fingerprint density at radius 2 is 2.08 bits per heavy atom. The van der Waals surface area contributed by atoms with Gasteiger partial charge in [0.05, 0.1) is 0 Å². The van der Waals surface area contributed by atoms with E-state index in [4.69, 9.17) is 4.74 Å². The van der Waals surface area contributed by atoms with Crippen LogP contribution in [0.5, 0.6) is 0 Å². The molecule has 12 heavy (non-hydrogen) atoms. The summed E-state index contributed by atoms with van der Waals surface area (Å²) in [6.07, 6.45) is 3.16. The number of hydrogen-bond acceptors (Lipinski definition) is 3. The van der Waals surface area contributed by atoms with Gasteiger partial charge in [-0.3, -0.25) is 0 Å². The molecule has 0 saturated heterocycles. The van der Waals surface area contributed by atoms with Gasteiger partial charge in [-0.1, -0.05) is 6.08 Å². The highest BCUT2D eigenvalue weighted by Crippen LogP contribution is 2.06. The summed E-state index contributed by atoms with van der Waals surface area (Å²) in [7, 11) is 1.82. The molecule has 0 amide bonds. The van der Waals surface area contributed by atoms with Gasteiger partial charge in [-0.2, -0.15) is 0 Å². The largest absolute Gasteiger partial charge is 0.457 e. The second-order valence-corrected chi connectivity index (χ2v) is 3.49. The average molecular weight is 171 g/mol. The minimum absolute atomic E-state index is 0.294. The Kier molecular flexibility index (Phi) is 4.59. The first-order valence-corrected chi connectivity index (χ1v) is 4.00. The van der Waals surface area contributed by atoms with Gasteiger partial charge >= 0.3 is 5.97 Å². The van der Waals surface area contributed by atoms with Crippen molar-refractivity contribution in [3.8, 4) is 0 Å². The van der Waals surface area contributed by atoms with E-state index in [0.29, 0.717) is 6.54 Å². The van der Waals surface area contributed by atoms with Crippen LogP contribution in [-0.2, 0) is 9.53 Å². The fourth-order valence-electron chi connectivity index (χ4n) is 0.609. The lowest BCUT2D eigenvalue weighted by Crippen LogP contribution is -2.22. The average Bonchev–Trinajstić information content (AvgIpc) is 1.84. The number of nitrogens with one attached hydrogen (secondary N) is 1. The van der Waals surface area contributed by atoms with Crippen molar-refractivity contribution in [2.45, 2.75) is 26.4 Å². The maximum atomic E-state index is 11.0. The third-order valence-electron chi connectivity index (χ3n) is 0.983. The maximum Gasteiger partial charge on any atom is 0.330 e. The molecule has 3 nitrogen and oxygen atoms in total. The highest BCUT2D eigenvalue weighted by atomic mass is 16.6. The molecule has 3 heteroatoms. The number of carbonyl (C=O) groups excluding carboxylic acids is 1. The van der Waals surface area contributed by atoms with Gasteiger partial charge in [-0.05, 0) is 27.8 Å². The SMILES string of the molecule is CNC/C=C/C(=O)OC(C)(C)C. The fraction of sp³-hybridized carbons (Fsp3) is 0.667. The molecule has 0 aliphatic heterocycles. The summed E-state index contributed by atoms with van der Waals surface area (Å²) in [4.78, 5) is 11.0. The van der Waals surface area contributed by atoms with Crippen molar-refractivity contribution in [1.29, 1.82) is 0 Å². The third kappa shape index (κ3) is 7.28. The second-order valence-electron chi connectivity index (χ2n) is 3.49. The van der Waals surface area contributed by atoms with Gasteiger partial charge < -0.3 is 10.1 Å². The number of rotatable bonds is 3. The molecule has 0 unspecified atom stereocenters. The van der Waals surface area contributed by atoms with E-state index in [1.54, 1.807) is 6.08 Å². The molecule has 0 bridgehead atoms. The second kappa shape index (κ2) is 4.93. The molecular formula is C9H17NO2. The monoisotopic (exact) mass is 171 g/mol. The predicted octanol–water partition coefficient (Wildman–Crippen LogP) is 1.10. The summed E-state index contributed by atoms with van der Waals surface area (Å²) in [5.74, 6) is -0.294. The van der Waals surface area contributed by atoms with Crippen LogP contribution in [0.25, 0.3) is 0 Å². The summed E-state index contributed by atoms with van der Waals surface area (Å²) in [6, 6.07) is 0. The van der Waals surface area contributed by atoms with Gasteiger partial charge in [0.15, 0.2) is 0 Å². The molecule has 0 aromatic carbocycles. The zero-order valence-corrected chi connectivity index (χ0v) is 8.18. The van der Waals surface area contributed by atoms with Crippen LogP contribution in [0, 0.1) is 0 Å². The predicted molar refractivity (Wildman–Crippen MR) is 48.9 cm³/mol. The number of carbonyl (C=O) groups is 1. The van der Waals surface area contributed by atoms with Crippen molar-refractivity contribution < 1.29 is 9.53 Å². The Hall–Kier alpha value is -0.830. The summed E-state index contributed by atoms with van der Waals surface area (Å²) >= 11 is 0. The highest BCUT2D eigenvalue weighted by molar-refractivity contribution is 5.82. The number of esters is 1. The van der Waals surface area contributed by atoms with Crippen molar-refractivity contribution in [2.24, 2.45) is 0 Å². The fourth-order valence-corrected chi connectivity index (χ4v) is 0.609. The van der Waals surface area contributed by atoms with Crippen molar-refractivity contribution in [3.05, 3.63) is 12.2 Å². The molecule has 0 aliphatic rings. The first-order chi connectivity index (χ1) is 5.45. The van der Waals surface area contributed by atoms with Crippen molar-refractivity contribution >= 4 is 5.97 Å². The standard InChI is InChI=1S/C9H17NO2/c1-9(2,3)12-8(11)6-5-7-10-4/h5-6,10H,7H2,1-4H3/b6-5+. The van der Waals surface area contributed by atoms with Crippen LogP contribution in [0.2, 0.25) is 0 Å². The molecule has 0 aromatic rings. The van der Waals surface area contributed by atoms with Crippen LogP contribution in [0.1, 0.15) is 20.8 Å². The van der Waals surface area contributed by atoms with Crippen LogP contribution >= 0.6 is 0 Å². The molecule has 0 aromatic heterocycles. The van der Waals surface area contributed by atoms with Crippen molar-refractivity contribution in [2.75, 3.05) is 13.6 Å². The Labute approximate surface area is 73.8 Å². The van der Waals surface area contributed by atoms with Crippen LogP contribution in [-0.4, -0.2) is 25.2 Å². The quantitative estimate of drug-likeness (QED) is 0.510. The van der Waals surface area contributed by atoms with Crippen LogP contribution < -0.4 is 5.32 Å². The number of likely N-dealkylation sites (N-methyl/N-ethyl adjacent to an activating group) is 1. The van der Waals surface area contributed by atoms with Crippen LogP contribution in [0.4, 0.5) is 0 Å². The molecule has 0 atom stereocenters. The zero-order chi connectivity index (χ0) is 9.61. The molecule has 0 fully saturated rings. The van der Waals surface area contributed by atoms with E-state index in [1.807, 2.05) is 27.8 Å². The van der Waals surface area contributed by atoms with E-state index in [1.165, 1.54) is 6.08 Å². The Morgan fingerprint density at radius 1 is 1.50 bits per heavy atom. The van der Waals surface area contributed by atoms with Crippen molar-refractivity contribution in [3.63, 3.8) is 0 Å². The molecule has 70 valence electrons. The first kappa shape index (κ1) is 11.2. The van der Waals surface area contributed by atoms with Crippen LogP contribution in [0.15, 0.2) is 12.2 Å². The van der Waals surface area contributed by atoms with Gasteiger partial charge in [-0.25, -0.2) is 4.79 Å². The zero-order valence-electron chi connectivity index (χ0n) is 8.18. The lowest BCUT2D eigenvalue weighted by Gasteiger charge is -2.17. The van der Waals surface area contributed by atoms with Gasteiger partial charge in [-0.15, -0.1) is 0 Å². The lowest BCUT2D eigenvalue weighted by molar-refractivity contribution is -0.148. The Bertz CT molecular complexity index is 168. The summed E-state index contributed by atoms with van der Waals surface area (Å²) in [5.41, 5.74) is -0.402. The Balaban J connectivity index is 3.75. The minimum atomic E-state index is -0.402. The normalized spacial score (nSPS) is 12.0. The van der Waals surface area contributed by atoms with Gasteiger partial charge in [0.1, 0.15) is 5.60 Å². The highest BCUT2D eigenvalue weighted by Gasteiger charge is 2.13. The first-order valence-electron chi connectivity index (χ1n) is 4.00. The maximum absolute atomic E-state index is 11.0. The number of ether oxygens (including phenoxy) is 1. The van der Waals surface area contributed by atoms with E-state index in [9.17, 15) is 4.79 Å². The minimum Gasteiger partial charge on any atom is -0.457 e. The summed E-state index contributed by atoms with van der Waals surface area (Å²) in [6.45, 7) is 6.21. The van der Waals surface area contributed by atoms with E-state index in [2.05, 4.69) is 5.32 Å². The number of hydrogen-bond donors (Lipinski definition) is 1. The molecule has 0 spiro atoms. The van der Waals surface area contributed by atoms with Gasteiger partial charge in [0, 0.05) is 12.6 Å². The molecule has 0 heterocycles. The molecule has 0 aliphatic carbocycles. The molecule has 1 N–H and O–H groups in total. The molecular weight excluding hydrogens is 154 g/mol. The van der Waals surface area contributed by atoms with Crippen molar-refractivity contribution in [1.82, 2.24) is 5.32 Å². The smallest absolute Gasteiger partial charge is 0.330 e. The van der Waals surface area contributed by atoms with E-state index >= 15 is 0 Å². The third-order valence-corrected chi connectivity index (χ3v) is 0.983. The van der Waals surface area contributed by atoms with Gasteiger partial charge in [0.2, 0.25) is 0 Å². The molecule has 0 radical (unpaired) electrons. The molecule has 0 rings (SSSR count). The van der Waals surface area contributed by atoms with E-state index < -0.39 is 5.60 Å².